The van der Waals surface area contributed by atoms with Crippen LogP contribution in [0, 0.1) is 6.92 Å². The molecule has 1 amide bonds. The number of thiazole rings is 1. The van der Waals surface area contributed by atoms with Crippen LogP contribution in [0.15, 0.2) is 98.3 Å². The topological polar surface area (TPSA) is 76.6 Å². The molecule has 0 fully saturated rings. The number of benzene rings is 2. The molecule has 1 atom stereocenters. The normalized spacial score (nSPS) is 15.8. The van der Waals surface area contributed by atoms with E-state index in [-0.39, 0.29) is 11.5 Å². The Balaban J connectivity index is 1.67. The molecule has 2 aromatic heterocycles. The molecule has 1 aliphatic heterocycles. The van der Waals surface area contributed by atoms with Crippen molar-refractivity contribution >= 4 is 29.0 Å². The van der Waals surface area contributed by atoms with Crippen molar-refractivity contribution in [2.45, 2.75) is 19.9 Å². The fourth-order valence-corrected chi connectivity index (χ4v) is 4.95. The van der Waals surface area contributed by atoms with Crippen LogP contribution in [-0.4, -0.2) is 10.5 Å². The minimum absolute atomic E-state index is 0.209. The quantitative estimate of drug-likeness (QED) is 0.509. The van der Waals surface area contributed by atoms with Crippen LogP contribution in [0.4, 0.5) is 5.69 Å². The summed E-state index contributed by atoms with van der Waals surface area (Å²) in [5.41, 5.74) is 2.31. The molecule has 0 spiro atoms. The zero-order valence-corrected chi connectivity index (χ0v) is 18.9. The molecule has 0 unspecified atom stereocenters. The van der Waals surface area contributed by atoms with Gasteiger partial charge in [-0.05, 0) is 49.8 Å². The van der Waals surface area contributed by atoms with E-state index in [9.17, 15) is 9.59 Å². The van der Waals surface area contributed by atoms with E-state index in [1.54, 1.807) is 11.5 Å². The van der Waals surface area contributed by atoms with Crippen molar-refractivity contribution < 1.29 is 9.21 Å². The van der Waals surface area contributed by atoms with Gasteiger partial charge in [-0.15, -0.1) is 0 Å². The van der Waals surface area contributed by atoms with Crippen molar-refractivity contribution in [3.05, 3.63) is 121 Å². The molecule has 164 valence electrons. The number of nitrogens with zero attached hydrogens (tertiary/aromatic N) is 2. The molecule has 0 saturated heterocycles. The molecule has 33 heavy (non-hydrogen) atoms. The number of hydrogen-bond acceptors (Lipinski definition) is 5. The van der Waals surface area contributed by atoms with Gasteiger partial charge in [0, 0.05) is 5.69 Å². The number of aromatic nitrogens is 1. The van der Waals surface area contributed by atoms with Crippen LogP contribution in [0.25, 0.3) is 6.08 Å². The number of nitrogens with one attached hydrogen (secondary N) is 1. The summed E-state index contributed by atoms with van der Waals surface area (Å²) in [6.45, 7) is 3.62. The summed E-state index contributed by atoms with van der Waals surface area (Å²) in [4.78, 5) is 32.1. The highest BCUT2D eigenvalue weighted by Crippen LogP contribution is 2.31. The molecule has 0 saturated carbocycles. The number of aryl methyl sites for hydroxylation is 1. The second-order valence-corrected chi connectivity index (χ2v) is 8.77. The van der Waals surface area contributed by atoms with E-state index < -0.39 is 6.04 Å². The van der Waals surface area contributed by atoms with Gasteiger partial charge >= 0.3 is 0 Å². The first-order valence-corrected chi connectivity index (χ1v) is 11.3. The van der Waals surface area contributed by atoms with E-state index in [0.29, 0.717) is 37.8 Å². The maximum absolute atomic E-state index is 13.5. The number of carbonyl (C=O) groups is 1. The minimum atomic E-state index is -0.711. The summed E-state index contributed by atoms with van der Waals surface area (Å²) in [5.74, 6) is 0.903. The fourth-order valence-electron chi connectivity index (χ4n) is 3.90. The Bertz CT molecular complexity index is 1540. The van der Waals surface area contributed by atoms with Gasteiger partial charge in [0.2, 0.25) is 0 Å². The maximum Gasteiger partial charge on any atom is 0.271 e. The van der Waals surface area contributed by atoms with E-state index >= 15 is 0 Å². The average Bonchev–Trinajstić information content (AvgIpc) is 3.37. The van der Waals surface area contributed by atoms with Gasteiger partial charge in [-0.2, -0.15) is 0 Å². The first-order chi connectivity index (χ1) is 16.0. The van der Waals surface area contributed by atoms with Gasteiger partial charge in [0.15, 0.2) is 4.80 Å². The van der Waals surface area contributed by atoms with Crippen molar-refractivity contribution in [1.82, 2.24) is 4.57 Å². The van der Waals surface area contributed by atoms with Crippen LogP contribution in [0.1, 0.15) is 30.0 Å². The van der Waals surface area contributed by atoms with Gasteiger partial charge in [0.25, 0.3) is 11.5 Å². The van der Waals surface area contributed by atoms with Crippen LogP contribution in [0.2, 0.25) is 0 Å². The van der Waals surface area contributed by atoms with Crippen molar-refractivity contribution in [3.63, 3.8) is 0 Å². The number of hydrogen-bond donors (Lipinski definition) is 1. The molecule has 0 bridgehead atoms. The molecule has 3 heterocycles. The monoisotopic (exact) mass is 455 g/mol. The Kier molecular flexibility index (Phi) is 5.40. The number of amides is 1. The van der Waals surface area contributed by atoms with Gasteiger partial charge in [-0.1, -0.05) is 59.9 Å². The van der Waals surface area contributed by atoms with Gasteiger partial charge in [0.1, 0.15) is 17.6 Å². The summed E-state index contributed by atoms with van der Waals surface area (Å²) in [7, 11) is 0. The van der Waals surface area contributed by atoms with Crippen molar-refractivity contribution in [2.75, 3.05) is 5.32 Å². The number of allylic oxidation sites excluding steroid dienone is 1. The molecule has 1 N–H and O–H groups in total. The Labute approximate surface area is 193 Å². The molecular weight excluding hydrogens is 434 g/mol. The molecule has 2 aromatic carbocycles. The number of rotatable bonds is 4. The van der Waals surface area contributed by atoms with Gasteiger partial charge < -0.3 is 9.73 Å². The summed E-state index contributed by atoms with van der Waals surface area (Å²) < 4.78 is 8.03. The molecule has 1 aliphatic rings. The summed E-state index contributed by atoms with van der Waals surface area (Å²) in [6, 6.07) is 21.8. The Morgan fingerprint density at radius 2 is 1.73 bits per heavy atom. The maximum atomic E-state index is 13.5. The smallest absolute Gasteiger partial charge is 0.271 e. The highest BCUT2D eigenvalue weighted by Gasteiger charge is 2.34. The standard InChI is InChI=1S/C26H21N3O3S/c1-16-13-14-20(32-16)23-22(24(30)28-19-11-7-4-8-12-19)17(2)27-26-29(23)25(31)21(33-26)15-18-9-5-3-6-10-18/h3-15,23H,1-2H3,(H,28,30)/b21-15+/t23-/m0/s1. The summed E-state index contributed by atoms with van der Waals surface area (Å²) in [5, 5.41) is 2.93. The third kappa shape index (κ3) is 3.99. The first-order valence-electron chi connectivity index (χ1n) is 10.5. The van der Waals surface area contributed by atoms with Gasteiger partial charge in [-0.25, -0.2) is 4.99 Å². The van der Waals surface area contributed by atoms with Crippen LogP contribution < -0.4 is 20.2 Å². The lowest BCUT2D eigenvalue weighted by Gasteiger charge is -2.23. The third-order valence-electron chi connectivity index (χ3n) is 5.43. The molecule has 4 aromatic rings. The predicted octanol–water partition coefficient (Wildman–Crippen LogP) is 3.78. The predicted molar refractivity (Wildman–Crippen MR) is 129 cm³/mol. The van der Waals surface area contributed by atoms with E-state index in [1.165, 1.54) is 11.3 Å². The number of furan rings is 1. The number of fused-ring (bicyclic) bond motifs is 1. The number of para-hydroxylation sites is 1. The van der Waals surface area contributed by atoms with Crippen molar-refractivity contribution in [3.8, 4) is 0 Å². The second kappa shape index (κ2) is 8.52. The van der Waals surface area contributed by atoms with Gasteiger partial charge in [-0.3, -0.25) is 14.2 Å². The zero-order valence-electron chi connectivity index (χ0n) is 18.1. The number of anilines is 1. The Morgan fingerprint density at radius 1 is 1.03 bits per heavy atom. The van der Waals surface area contributed by atoms with E-state index in [1.807, 2.05) is 85.8 Å². The summed E-state index contributed by atoms with van der Waals surface area (Å²) in [6.07, 6.45) is 1.84. The highest BCUT2D eigenvalue weighted by molar-refractivity contribution is 7.07. The molecule has 5 rings (SSSR count). The largest absolute Gasteiger partial charge is 0.464 e. The van der Waals surface area contributed by atoms with Crippen LogP contribution in [0.3, 0.4) is 0 Å². The van der Waals surface area contributed by atoms with Crippen LogP contribution in [-0.2, 0) is 4.79 Å². The molecule has 7 heteroatoms. The van der Waals surface area contributed by atoms with Gasteiger partial charge in [0.05, 0.1) is 15.8 Å². The van der Waals surface area contributed by atoms with Crippen LogP contribution in [0.5, 0.6) is 0 Å². The van der Waals surface area contributed by atoms with E-state index in [0.717, 1.165) is 5.56 Å². The highest BCUT2D eigenvalue weighted by atomic mass is 32.1. The third-order valence-corrected chi connectivity index (χ3v) is 6.41. The lowest BCUT2D eigenvalue weighted by atomic mass is 10.00. The fraction of sp³-hybridized carbons (Fsp3) is 0.115. The zero-order chi connectivity index (χ0) is 22.9. The summed E-state index contributed by atoms with van der Waals surface area (Å²) >= 11 is 1.30. The average molecular weight is 456 g/mol. The lowest BCUT2D eigenvalue weighted by Crippen LogP contribution is -2.40. The SMILES string of the molecule is CC1=C(C(=O)Nc2ccccc2)[C@H](c2ccc(C)o2)n2c(s/c(=C/c3ccccc3)c2=O)=N1. The molecule has 0 aliphatic carbocycles. The Hall–Kier alpha value is -3.97. The molecule has 6 nitrogen and oxygen atoms in total. The van der Waals surface area contributed by atoms with E-state index in [2.05, 4.69) is 10.3 Å². The molecular formula is C26H21N3O3S. The van der Waals surface area contributed by atoms with Crippen LogP contribution >= 0.6 is 11.3 Å². The minimum Gasteiger partial charge on any atom is -0.464 e. The lowest BCUT2D eigenvalue weighted by molar-refractivity contribution is -0.113. The molecule has 0 radical (unpaired) electrons. The van der Waals surface area contributed by atoms with E-state index in [4.69, 9.17) is 4.42 Å². The van der Waals surface area contributed by atoms with Crippen molar-refractivity contribution in [2.24, 2.45) is 4.99 Å². The number of carbonyl (C=O) groups excluding carboxylic acids is 1. The Morgan fingerprint density at radius 3 is 2.39 bits per heavy atom. The second-order valence-electron chi connectivity index (χ2n) is 7.76. The first kappa shape index (κ1) is 20.9. The van der Waals surface area contributed by atoms with Crippen molar-refractivity contribution in [1.29, 1.82) is 0 Å².